The first-order chi connectivity index (χ1) is 8.65. The molecule has 2 unspecified atom stereocenters. The lowest BCUT2D eigenvalue weighted by Crippen LogP contribution is -2.27. The highest BCUT2D eigenvalue weighted by Gasteiger charge is 2.19. The molecule has 1 aromatic rings. The van der Waals surface area contributed by atoms with Crippen LogP contribution in [0.15, 0.2) is 22.7 Å². The highest BCUT2D eigenvalue weighted by atomic mass is 79.9. The first-order valence-corrected chi connectivity index (χ1v) is 7.67. The Morgan fingerprint density at radius 1 is 1.39 bits per heavy atom. The lowest BCUT2D eigenvalue weighted by molar-refractivity contribution is 0.345. The summed E-state index contributed by atoms with van der Waals surface area (Å²) in [6.45, 7) is 1.50. The number of hydrogen-bond donors (Lipinski definition) is 1. The van der Waals surface area contributed by atoms with E-state index < -0.39 is 0 Å². The highest BCUT2D eigenvalue weighted by molar-refractivity contribution is 9.10. The lowest BCUT2D eigenvalue weighted by Gasteiger charge is -2.25. The van der Waals surface area contributed by atoms with Crippen molar-refractivity contribution in [2.24, 2.45) is 5.92 Å². The summed E-state index contributed by atoms with van der Waals surface area (Å²) in [5.41, 5.74) is 0.711. The van der Waals surface area contributed by atoms with Crippen LogP contribution in [-0.2, 0) is 6.54 Å². The van der Waals surface area contributed by atoms with E-state index in [-0.39, 0.29) is 5.82 Å². The van der Waals surface area contributed by atoms with Gasteiger partial charge in [-0.25, -0.2) is 4.39 Å². The Morgan fingerprint density at radius 2 is 2.22 bits per heavy atom. The van der Waals surface area contributed by atoms with Gasteiger partial charge in [0.1, 0.15) is 5.82 Å². The number of benzene rings is 1. The van der Waals surface area contributed by atoms with Crippen LogP contribution in [0.4, 0.5) is 4.39 Å². The fourth-order valence-corrected chi connectivity index (χ4v) is 3.32. The maximum Gasteiger partial charge on any atom is 0.127 e. The molecule has 0 saturated heterocycles. The van der Waals surface area contributed by atoms with Gasteiger partial charge in [0.2, 0.25) is 0 Å². The molecule has 1 aliphatic carbocycles. The van der Waals surface area contributed by atoms with Crippen LogP contribution >= 0.6 is 27.5 Å². The molecule has 2 atom stereocenters. The normalized spacial score (nSPS) is 24.2. The Hall–Kier alpha value is -0.120. The average Bonchev–Trinajstić information content (AvgIpc) is 2.34. The number of hydrogen-bond acceptors (Lipinski definition) is 1. The number of nitrogens with one attached hydrogen (secondary N) is 1. The third kappa shape index (κ3) is 4.22. The Morgan fingerprint density at radius 3 is 3.00 bits per heavy atom. The second-order valence-electron chi connectivity index (χ2n) is 5.00. The molecule has 100 valence electrons. The van der Waals surface area contributed by atoms with Crippen molar-refractivity contribution in [2.45, 2.75) is 37.6 Å². The summed E-state index contributed by atoms with van der Waals surface area (Å²) < 4.78 is 14.4. The summed E-state index contributed by atoms with van der Waals surface area (Å²) in [5.74, 6) is 0.487. The van der Waals surface area contributed by atoms with E-state index in [0.29, 0.717) is 23.4 Å². The van der Waals surface area contributed by atoms with E-state index in [0.717, 1.165) is 23.9 Å². The molecular formula is C14H18BrClFN. The standard InChI is InChI=1S/C14H18BrClFN/c15-12-4-5-14(17)11(7-12)9-18-8-10-2-1-3-13(16)6-10/h4-5,7,10,13,18H,1-3,6,8-9H2. The first-order valence-electron chi connectivity index (χ1n) is 6.44. The molecule has 1 aliphatic rings. The quantitative estimate of drug-likeness (QED) is 0.801. The second-order valence-corrected chi connectivity index (χ2v) is 6.53. The zero-order valence-electron chi connectivity index (χ0n) is 10.3. The summed E-state index contributed by atoms with van der Waals surface area (Å²) in [6.07, 6.45) is 4.66. The summed E-state index contributed by atoms with van der Waals surface area (Å²) in [5, 5.41) is 3.67. The van der Waals surface area contributed by atoms with E-state index in [2.05, 4.69) is 21.2 Å². The van der Waals surface area contributed by atoms with Gasteiger partial charge in [0.05, 0.1) is 0 Å². The maximum absolute atomic E-state index is 13.5. The lowest BCUT2D eigenvalue weighted by atomic mass is 9.89. The van der Waals surface area contributed by atoms with Gasteiger partial charge in [0.15, 0.2) is 0 Å². The zero-order chi connectivity index (χ0) is 13.0. The van der Waals surface area contributed by atoms with Gasteiger partial charge in [0, 0.05) is 22.0 Å². The van der Waals surface area contributed by atoms with E-state index >= 15 is 0 Å². The molecule has 1 N–H and O–H groups in total. The predicted octanol–water partition coefficient (Wildman–Crippen LogP) is 4.48. The van der Waals surface area contributed by atoms with Crippen molar-refractivity contribution in [2.75, 3.05) is 6.54 Å². The van der Waals surface area contributed by atoms with E-state index in [1.165, 1.54) is 18.9 Å². The molecule has 1 fully saturated rings. The topological polar surface area (TPSA) is 12.0 Å². The molecule has 0 aliphatic heterocycles. The summed E-state index contributed by atoms with van der Waals surface area (Å²) in [6, 6.07) is 5.04. The van der Waals surface area contributed by atoms with Crippen LogP contribution in [-0.4, -0.2) is 11.9 Å². The minimum Gasteiger partial charge on any atom is -0.312 e. The van der Waals surface area contributed by atoms with Crippen molar-refractivity contribution in [3.63, 3.8) is 0 Å². The average molecular weight is 335 g/mol. The van der Waals surface area contributed by atoms with Crippen molar-refractivity contribution in [3.8, 4) is 0 Å². The number of alkyl halides is 1. The molecule has 0 bridgehead atoms. The van der Waals surface area contributed by atoms with Crippen LogP contribution in [0.5, 0.6) is 0 Å². The summed E-state index contributed by atoms with van der Waals surface area (Å²) in [7, 11) is 0. The van der Waals surface area contributed by atoms with Gasteiger partial charge in [-0.2, -0.15) is 0 Å². The molecule has 2 rings (SSSR count). The molecule has 0 spiro atoms. The highest BCUT2D eigenvalue weighted by Crippen LogP contribution is 2.27. The van der Waals surface area contributed by atoms with Crippen LogP contribution in [0, 0.1) is 11.7 Å². The van der Waals surface area contributed by atoms with E-state index in [4.69, 9.17) is 11.6 Å². The van der Waals surface area contributed by atoms with Crippen LogP contribution < -0.4 is 5.32 Å². The van der Waals surface area contributed by atoms with Gasteiger partial charge in [-0.05, 0) is 49.9 Å². The van der Waals surface area contributed by atoms with Crippen LogP contribution in [0.1, 0.15) is 31.2 Å². The molecule has 0 heterocycles. The molecule has 1 aromatic carbocycles. The fourth-order valence-electron chi connectivity index (χ4n) is 2.50. The van der Waals surface area contributed by atoms with Crippen molar-refractivity contribution in [1.82, 2.24) is 5.32 Å². The summed E-state index contributed by atoms with van der Waals surface area (Å²) in [4.78, 5) is 0. The van der Waals surface area contributed by atoms with Crippen LogP contribution in [0.2, 0.25) is 0 Å². The minimum absolute atomic E-state index is 0.149. The Labute approximate surface area is 121 Å². The molecule has 0 amide bonds. The SMILES string of the molecule is Fc1ccc(Br)cc1CNCC1CCCC(Cl)C1. The van der Waals surface area contributed by atoms with Crippen LogP contribution in [0.3, 0.4) is 0 Å². The van der Waals surface area contributed by atoms with Crippen molar-refractivity contribution >= 4 is 27.5 Å². The molecule has 1 nitrogen and oxygen atoms in total. The molecule has 0 radical (unpaired) electrons. The van der Waals surface area contributed by atoms with Crippen molar-refractivity contribution in [3.05, 3.63) is 34.1 Å². The van der Waals surface area contributed by atoms with Gasteiger partial charge < -0.3 is 5.32 Å². The first kappa shape index (κ1) is 14.3. The van der Waals surface area contributed by atoms with Gasteiger partial charge in [-0.1, -0.05) is 22.4 Å². The number of rotatable bonds is 4. The second kappa shape index (κ2) is 6.88. The zero-order valence-corrected chi connectivity index (χ0v) is 12.6. The molecule has 18 heavy (non-hydrogen) atoms. The monoisotopic (exact) mass is 333 g/mol. The Bertz CT molecular complexity index is 399. The third-order valence-electron chi connectivity index (χ3n) is 3.48. The third-order valence-corrected chi connectivity index (χ3v) is 4.36. The predicted molar refractivity (Wildman–Crippen MR) is 77.4 cm³/mol. The van der Waals surface area contributed by atoms with Gasteiger partial charge in [0.25, 0.3) is 0 Å². The van der Waals surface area contributed by atoms with Crippen molar-refractivity contribution < 1.29 is 4.39 Å². The largest absolute Gasteiger partial charge is 0.312 e. The van der Waals surface area contributed by atoms with Gasteiger partial charge in [-0.3, -0.25) is 0 Å². The molecular weight excluding hydrogens is 317 g/mol. The van der Waals surface area contributed by atoms with E-state index in [1.54, 1.807) is 6.07 Å². The Balaban J connectivity index is 1.79. The minimum atomic E-state index is -0.149. The van der Waals surface area contributed by atoms with Crippen molar-refractivity contribution in [1.29, 1.82) is 0 Å². The fraction of sp³-hybridized carbons (Fsp3) is 0.571. The van der Waals surface area contributed by atoms with Gasteiger partial charge in [-0.15, -0.1) is 11.6 Å². The maximum atomic E-state index is 13.5. The van der Waals surface area contributed by atoms with E-state index in [9.17, 15) is 4.39 Å². The molecule has 0 aromatic heterocycles. The Kier molecular flexibility index (Phi) is 5.46. The molecule has 4 heteroatoms. The van der Waals surface area contributed by atoms with Gasteiger partial charge >= 0.3 is 0 Å². The smallest absolute Gasteiger partial charge is 0.127 e. The number of halogens is 3. The summed E-state index contributed by atoms with van der Waals surface area (Å²) >= 11 is 9.52. The van der Waals surface area contributed by atoms with E-state index in [1.807, 2.05) is 6.07 Å². The molecule has 1 saturated carbocycles. The van der Waals surface area contributed by atoms with Crippen LogP contribution in [0.25, 0.3) is 0 Å².